The molecule has 5 heteroatoms. The molecule has 0 amide bonds. The molecule has 0 aliphatic rings. The highest BCUT2D eigenvalue weighted by Gasteiger charge is 2.11. The highest BCUT2D eigenvalue weighted by atomic mass is 16.7. The summed E-state index contributed by atoms with van der Waals surface area (Å²) in [6, 6.07) is 5.08. The number of carbonyl (C=O) groups is 1. The number of rotatable bonds is 4. The van der Waals surface area contributed by atoms with Gasteiger partial charge in [-0.3, -0.25) is 4.79 Å². The Labute approximate surface area is 91.9 Å². The number of ketones is 1. The van der Waals surface area contributed by atoms with Crippen molar-refractivity contribution in [2.24, 2.45) is 0 Å². The number of hydrogen-bond acceptors (Lipinski definition) is 5. The average molecular weight is 221 g/mol. The Balaban J connectivity index is 2.43. The van der Waals surface area contributed by atoms with Crippen molar-refractivity contribution in [3.63, 3.8) is 0 Å². The first-order chi connectivity index (χ1) is 7.72. The first-order valence-electron chi connectivity index (χ1n) is 4.74. The predicted octanol–water partition coefficient (Wildman–Crippen LogP) is 2.01. The molecule has 16 heavy (non-hydrogen) atoms. The van der Waals surface area contributed by atoms with Crippen LogP contribution in [0, 0.1) is 0 Å². The van der Waals surface area contributed by atoms with E-state index in [1.165, 1.54) is 14.0 Å². The van der Waals surface area contributed by atoms with E-state index in [-0.39, 0.29) is 12.6 Å². The molecule has 0 spiro atoms. The summed E-state index contributed by atoms with van der Waals surface area (Å²) in [5.74, 6) is 0.320. The van der Waals surface area contributed by atoms with Crippen LogP contribution in [0.1, 0.15) is 17.3 Å². The Morgan fingerprint density at radius 2 is 2.31 bits per heavy atom. The van der Waals surface area contributed by atoms with Gasteiger partial charge in [0.2, 0.25) is 0 Å². The van der Waals surface area contributed by atoms with Crippen LogP contribution < -0.4 is 4.74 Å². The summed E-state index contributed by atoms with van der Waals surface area (Å²) in [5.41, 5.74) is 1.18. The van der Waals surface area contributed by atoms with Crippen molar-refractivity contribution in [3.8, 4) is 5.88 Å². The summed E-state index contributed by atoms with van der Waals surface area (Å²) in [7, 11) is 1.52. The molecule has 0 aliphatic carbocycles. The van der Waals surface area contributed by atoms with Crippen LogP contribution in [0.2, 0.25) is 0 Å². The summed E-state index contributed by atoms with van der Waals surface area (Å²) in [6.07, 6.45) is 0. The van der Waals surface area contributed by atoms with Crippen LogP contribution in [0.4, 0.5) is 0 Å². The number of carbonyl (C=O) groups excluding carboxylic acids is 1. The molecule has 1 aromatic carbocycles. The Morgan fingerprint density at radius 1 is 1.50 bits per heavy atom. The second kappa shape index (κ2) is 4.32. The molecule has 0 fully saturated rings. The van der Waals surface area contributed by atoms with Crippen LogP contribution >= 0.6 is 0 Å². The summed E-state index contributed by atoms with van der Waals surface area (Å²) in [5, 5.41) is 4.42. The minimum Gasteiger partial charge on any atom is -0.448 e. The highest BCUT2D eigenvalue weighted by molar-refractivity contribution is 5.98. The van der Waals surface area contributed by atoms with Gasteiger partial charge >= 0.3 is 0 Å². The maximum Gasteiger partial charge on any atom is 0.264 e. The molecular weight excluding hydrogens is 210 g/mol. The van der Waals surface area contributed by atoms with E-state index in [1.54, 1.807) is 18.2 Å². The topological polar surface area (TPSA) is 61.6 Å². The predicted molar refractivity (Wildman–Crippen MR) is 56.5 cm³/mol. The van der Waals surface area contributed by atoms with Crippen molar-refractivity contribution in [1.29, 1.82) is 0 Å². The maximum absolute atomic E-state index is 11.2. The fourth-order valence-corrected chi connectivity index (χ4v) is 1.35. The smallest absolute Gasteiger partial charge is 0.264 e. The van der Waals surface area contributed by atoms with Gasteiger partial charge in [-0.2, -0.15) is 0 Å². The molecule has 1 heterocycles. The summed E-state index contributed by atoms with van der Waals surface area (Å²) in [6.45, 7) is 1.59. The van der Waals surface area contributed by atoms with Gasteiger partial charge in [0, 0.05) is 12.7 Å². The fourth-order valence-electron chi connectivity index (χ4n) is 1.35. The van der Waals surface area contributed by atoms with Crippen LogP contribution in [-0.2, 0) is 4.74 Å². The second-order valence-electron chi connectivity index (χ2n) is 3.31. The summed E-state index contributed by atoms with van der Waals surface area (Å²) in [4.78, 5) is 11.2. The Bertz CT molecular complexity index is 518. The second-order valence-corrected chi connectivity index (χ2v) is 3.31. The van der Waals surface area contributed by atoms with E-state index >= 15 is 0 Å². The molecular formula is C11H11NO4. The number of aromatic nitrogens is 1. The van der Waals surface area contributed by atoms with Gasteiger partial charge in [-0.25, -0.2) is 0 Å². The van der Waals surface area contributed by atoms with E-state index in [2.05, 4.69) is 5.16 Å². The van der Waals surface area contributed by atoms with Crippen molar-refractivity contribution in [2.45, 2.75) is 6.92 Å². The number of fused-ring (bicyclic) bond motifs is 1. The van der Waals surface area contributed by atoms with E-state index in [1.807, 2.05) is 0 Å². The standard InChI is InChI=1S/C11H11NO4/c1-7(13)8-3-4-10-9(5-8)11(12-16-10)15-6-14-2/h3-5H,6H2,1-2H3. The molecule has 2 aromatic rings. The number of Topliss-reactive ketones (excluding diaryl/α,β-unsaturated/α-hetero) is 1. The van der Waals surface area contributed by atoms with Gasteiger partial charge < -0.3 is 14.0 Å². The highest BCUT2D eigenvalue weighted by Crippen LogP contribution is 2.25. The number of methoxy groups -OCH3 is 1. The lowest BCUT2D eigenvalue weighted by Gasteiger charge is -1.99. The summed E-state index contributed by atoms with van der Waals surface area (Å²) >= 11 is 0. The van der Waals surface area contributed by atoms with E-state index in [0.717, 1.165) is 0 Å². The van der Waals surface area contributed by atoms with Gasteiger partial charge in [0.05, 0.1) is 5.39 Å². The maximum atomic E-state index is 11.2. The van der Waals surface area contributed by atoms with Crippen LogP contribution in [-0.4, -0.2) is 24.8 Å². The Hall–Kier alpha value is -1.88. The normalized spacial score (nSPS) is 10.6. The van der Waals surface area contributed by atoms with Crippen LogP contribution in [0.5, 0.6) is 5.88 Å². The average Bonchev–Trinajstić information content (AvgIpc) is 2.68. The molecule has 0 saturated heterocycles. The molecule has 0 unspecified atom stereocenters. The molecule has 0 atom stereocenters. The van der Waals surface area contributed by atoms with Gasteiger partial charge in [0.25, 0.3) is 5.88 Å². The van der Waals surface area contributed by atoms with Gasteiger partial charge in [-0.05, 0) is 30.3 Å². The van der Waals surface area contributed by atoms with E-state index in [9.17, 15) is 4.79 Å². The fraction of sp³-hybridized carbons (Fsp3) is 0.273. The largest absolute Gasteiger partial charge is 0.448 e. The van der Waals surface area contributed by atoms with E-state index in [4.69, 9.17) is 14.0 Å². The van der Waals surface area contributed by atoms with Crippen molar-refractivity contribution in [1.82, 2.24) is 5.16 Å². The molecule has 84 valence electrons. The number of hydrogen-bond donors (Lipinski definition) is 0. The minimum atomic E-state index is -0.0132. The molecule has 2 rings (SSSR count). The zero-order valence-electron chi connectivity index (χ0n) is 9.02. The van der Waals surface area contributed by atoms with Crippen molar-refractivity contribution < 1.29 is 18.8 Å². The van der Waals surface area contributed by atoms with E-state index < -0.39 is 0 Å². The molecule has 5 nitrogen and oxygen atoms in total. The van der Waals surface area contributed by atoms with E-state index in [0.29, 0.717) is 22.4 Å². The minimum absolute atomic E-state index is 0.0132. The molecule has 0 aliphatic heterocycles. The number of benzene rings is 1. The Kier molecular flexibility index (Phi) is 2.87. The monoisotopic (exact) mass is 221 g/mol. The van der Waals surface area contributed by atoms with Crippen LogP contribution in [0.15, 0.2) is 22.7 Å². The van der Waals surface area contributed by atoms with Gasteiger partial charge in [0.1, 0.15) is 0 Å². The SMILES string of the molecule is COCOc1noc2ccc(C(C)=O)cc12. The first kappa shape index (κ1) is 10.6. The lowest BCUT2D eigenvalue weighted by molar-refractivity contribution is 0.0463. The van der Waals surface area contributed by atoms with Crippen molar-refractivity contribution in [2.75, 3.05) is 13.9 Å². The van der Waals surface area contributed by atoms with Crippen molar-refractivity contribution in [3.05, 3.63) is 23.8 Å². The Morgan fingerprint density at radius 3 is 3.00 bits per heavy atom. The molecule has 0 radical (unpaired) electrons. The lowest BCUT2D eigenvalue weighted by atomic mass is 10.1. The third kappa shape index (κ3) is 1.90. The first-order valence-corrected chi connectivity index (χ1v) is 4.74. The van der Waals surface area contributed by atoms with Gasteiger partial charge in [-0.1, -0.05) is 0 Å². The third-order valence-electron chi connectivity index (χ3n) is 2.16. The lowest BCUT2D eigenvalue weighted by Crippen LogP contribution is -1.99. The molecule has 1 aromatic heterocycles. The molecule has 0 saturated carbocycles. The van der Waals surface area contributed by atoms with Crippen LogP contribution in [0.25, 0.3) is 11.0 Å². The number of ether oxygens (including phenoxy) is 2. The molecule has 0 bridgehead atoms. The van der Waals surface area contributed by atoms with Crippen LogP contribution in [0.3, 0.4) is 0 Å². The zero-order chi connectivity index (χ0) is 11.5. The van der Waals surface area contributed by atoms with Crippen molar-refractivity contribution >= 4 is 16.8 Å². The van der Waals surface area contributed by atoms with Gasteiger partial charge in [0.15, 0.2) is 18.2 Å². The quantitative estimate of drug-likeness (QED) is 0.583. The zero-order valence-corrected chi connectivity index (χ0v) is 9.02. The third-order valence-corrected chi connectivity index (χ3v) is 2.16. The number of nitrogens with zero attached hydrogens (tertiary/aromatic N) is 1. The van der Waals surface area contributed by atoms with Gasteiger partial charge in [-0.15, -0.1) is 0 Å². The summed E-state index contributed by atoms with van der Waals surface area (Å²) < 4.78 is 15.0. The molecule has 0 N–H and O–H groups in total.